The molecule has 0 atom stereocenters. The van der Waals surface area contributed by atoms with Crippen molar-refractivity contribution in [3.8, 4) is 0 Å². The van der Waals surface area contributed by atoms with Crippen molar-refractivity contribution in [2.75, 3.05) is 0 Å². The van der Waals surface area contributed by atoms with E-state index in [-0.39, 0.29) is 28.6 Å². The molecular weight excluding hydrogens is 268 g/mol. The van der Waals surface area contributed by atoms with Gasteiger partial charge in [-0.05, 0) is 25.2 Å². The molecular formula is C12H12CuN2O2. The van der Waals surface area contributed by atoms with Crippen molar-refractivity contribution in [2.24, 2.45) is 0 Å². The van der Waals surface area contributed by atoms with Crippen LogP contribution in [0, 0.1) is 0 Å². The normalized spacial score (nSPS) is 8.59. The van der Waals surface area contributed by atoms with Gasteiger partial charge in [0.25, 0.3) is 0 Å². The maximum absolute atomic E-state index is 10.4. The number of rotatable bonds is 2. The molecule has 0 bridgehead atoms. The zero-order valence-electron chi connectivity index (χ0n) is 9.48. The molecule has 2 aromatic heterocycles. The smallest absolute Gasteiger partial charge is 0.392 e. The summed E-state index contributed by atoms with van der Waals surface area (Å²) in [4.78, 5) is 28.4. The molecule has 5 heteroatoms. The number of hydrogen-bond acceptors (Lipinski definition) is 4. The number of carbonyl (C=O) groups excluding carboxylic acids is 2. The van der Waals surface area contributed by atoms with Gasteiger partial charge in [-0.1, -0.05) is 0 Å². The van der Waals surface area contributed by atoms with Crippen molar-refractivity contribution in [3.63, 3.8) is 0 Å². The minimum atomic E-state index is 0. The van der Waals surface area contributed by atoms with Crippen molar-refractivity contribution in [1.82, 2.24) is 9.97 Å². The summed E-state index contributed by atoms with van der Waals surface area (Å²) in [6.07, 6.45) is 3.22. The molecule has 0 aliphatic heterocycles. The Labute approximate surface area is 110 Å². The van der Waals surface area contributed by atoms with E-state index < -0.39 is 0 Å². The number of carbonyl (C=O) groups is 2. The van der Waals surface area contributed by atoms with Crippen LogP contribution in [0.5, 0.6) is 0 Å². The maximum atomic E-state index is 10.4. The molecule has 1 radical (unpaired) electrons. The van der Waals surface area contributed by atoms with Gasteiger partial charge >= 0.3 is 17.1 Å². The molecule has 93 valence electrons. The first-order valence-electron chi connectivity index (χ1n) is 4.78. The first kappa shape index (κ1) is 15.4. The van der Waals surface area contributed by atoms with E-state index in [1.165, 1.54) is 13.8 Å². The second-order valence-electron chi connectivity index (χ2n) is 3.16. The number of aromatic nitrogens is 2. The summed E-state index contributed by atoms with van der Waals surface area (Å²) in [6, 6.07) is 6.89. The summed E-state index contributed by atoms with van der Waals surface area (Å²) < 4.78 is 0. The molecule has 0 amide bonds. The third kappa shape index (κ3) is 5.33. The van der Waals surface area contributed by atoms with Gasteiger partial charge in [0.1, 0.15) is 11.6 Å². The van der Waals surface area contributed by atoms with Gasteiger partial charge in [0, 0.05) is 0 Å². The van der Waals surface area contributed by atoms with E-state index in [4.69, 9.17) is 0 Å². The average Bonchev–Trinajstić information content (AvgIpc) is 2.93. The number of ketones is 2. The van der Waals surface area contributed by atoms with Gasteiger partial charge in [0.15, 0.2) is 0 Å². The quantitative estimate of drug-likeness (QED) is 0.479. The number of Topliss-reactive ketones (excluding diaryl/α,β-unsaturated/α-hetero) is 2. The molecule has 0 aliphatic carbocycles. The van der Waals surface area contributed by atoms with Gasteiger partial charge in [0.2, 0.25) is 0 Å². The van der Waals surface area contributed by atoms with Crippen LogP contribution in [0.2, 0.25) is 0 Å². The summed E-state index contributed by atoms with van der Waals surface area (Å²) in [5.41, 5.74) is 1.09. The van der Waals surface area contributed by atoms with Crippen molar-refractivity contribution >= 4 is 11.6 Å². The molecule has 2 rings (SSSR count). The first-order valence-corrected chi connectivity index (χ1v) is 4.78. The molecule has 0 aromatic carbocycles. The van der Waals surface area contributed by atoms with Gasteiger partial charge < -0.3 is 19.6 Å². The van der Waals surface area contributed by atoms with Crippen LogP contribution in [0.1, 0.15) is 34.8 Å². The van der Waals surface area contributed by atoms with E-state index in [2.05, 4.69) is 9.97 Å². The molecule has 2 heterocycles. The topological polar surface area (TPSA) is 59.9 Å². The van der Waals surface area contributed by atoms with Crippen molar-refractivity contribution < 1.29 is 26.7 Å². The average molecular weight is 280 g/mol. The summed E-state index contributed by atoms with van der Waals surface area (Å²) in [7, 11) is 0. The predicted octanol–water partition coefficient (Wildman–Crippen LogP) is 2.00. The van der Waals surface area contributed by atoms with Gasteiger partial charge in [-0.25, -0.2) is 0 Å². The van der Waals surface area contributed by atoms with Gasteiger partial charge in [-0.15, -0.1) is 12.4 Å². The van der Waals surface area contributed by atoms with E-state index in [0.717, 1.165) is 0 Å². The molecule has 17 heavy (non-hydrogen) atoms. The van der Waals surface area contributed by atoms with Crippen LogP contribution >= 0.6 is 0 Å². The predicted molar refractivity (Wildman–Crippen MR) is 59.7 cm³/mol. The summed E-state index contributed by atoms with van der Waals surface area (Å²) in [6.45, 7) is 3.00. The Morgan fingerprint density at radius 2 is 1.24 bits per heavy atom. The fourth-order valence-corrected chi connectivity index (χ4v) is 1.02. The van der Waals surface area contributed by atoms with E-state index in [1.807, 2.05) is 0 Å². The molecule has 0 saturated carbocycles. The number of nitrogens with zero attached hydrogens (tertiary/aromatic N) is 2. The first-order chi connectivity index (χ1) is 7.61. The van der Waals surface area contributed by atoms with Crippen LogP contribution in [0.4, 0.5) is 0 Å². The Kier molecular flexibility index (Phi) is 6.94. The standard InChI is InChI=1S/2C6H6NO.Cu/c2*1-5(8)6-3-2-4-7-6;/h2*2-4H,1H3;/q2*-1;+2. The van der Waals surface area contributed by atoms with E-state index in [1.54, 1.807) is 36.7 Å². The van der Waals surface area contributed by atoms with Crippen LogP contribution in [-0.4, -0.2) is 21.5 Å². The van der Waals surface area contributed by atoms with E-state index >= 15 is 0 Å². The third-order valence-corrected chi connectivity index (χ3v) is 1.83. The fourth-order valence-electron chi connectivity index (χ4n) is 1.02. The van der Waals surface area contributed by atoms with Gasteiger partial charge in [-0.3, -0.25) is 0 Å². The Morgan fingerprint density at radius 3 is 1.35 bits per heavy atom. The van der Waals surface area contributed by atoms with Crippen LogP contribution in [0.15, 0.2) is 36.7 Å². The number of hydrogen-bond donors (Lipinski definition) is 0. The Bertz CT molecular complexity index is 403. The summed E-state index contributed by atoms with van der Waals surface area (Å²) in [5.74, 6) is 0.0463. The summed E-state index contributed by atoms with van der Waals surface area (Å²) in [5, 5.41) is 0. The third-order valence-electron chi connectivity index (χ3n) is 1.83. The van der Waals surface area contributed by atoms with Crippen molar-refractivity contribution in [3.05, 3.63) is 48.0 Å². The van der Waals surface area contributed by atoms with Crippen molar-refractivity contribution in [2.45, 2.75) is 13.8 Å². The van der Waals surface area contributed by atoms with Gasteiger partial charge in [-0.2, -0.15) is 24.3 Å². The van der Waals surface area contributed by atoms with Crippen LogP contribution in [-0.2, 0) is 17.1 Å². The van der Waals surface area contributed by atoms with Crippen LogP contribution < -0.4 is 0 Å². The largest absolute Gasteiger partial charge is 2.00 e. The SMILES string of the molecule is CC(=O)[c-]1cccn1.CC(=O)[c-]1cccn1.[Cu+2]. The van der Waals surface area contributed by atoms with Gasteiger partial charge in [0.05, 0.1) is 0 Å². The second kappa shape index (κ2) is 7.65. The molecule has 0 unspecified atom stereocenters. The van der Waals surface area contributed by atoms with E-state index in [9.17, 15) is 9.59 Å². The minimum absolute atomic E-state index is 0. The molecule has 4 nitrogen and oxygen atoms in total. The van der Waals surface area contributed by atoms with Crippen LogP contribution in [0.25, 0.3) is 0 Å². The molecule has 2 aromatic rings. The van der Waals surface area contributed by atoms with Crippen LogP contribution in [0.3, 0.4) is 0 Å². The monoisotopic (exact) mass is 279 g/mol. The maximum Gasteiger partial charge on any atom is 2.00 e. The summed E-state index contributed by atoms with van der Waals surface area (Å²) >= 11 is 0. The molecule has 0 fully saturated rings. The molecule has 0 spiro atoms. The Hall–Kier alpha value is -1.58. The Balaban J connectivity index is 0.000000284. The minimum Gasteiger partial charge on any atom is -0.392 e. The van der Waals surface area contributed by atoms with Crippen molar-refractivity contribution in [1.29, 1.82) is 0 Å². The molecule has 0 saturated heterocycles. The fraction of sp³-hybridized carbons (Fsp3) is 0.167. The zero-order chi connectivity index (χ0) is 12.0. The molecule has 0 N–H and O–H groups in total. The second-order valence-corrected chi connectivity index (χ2v) is 3.16. The Morgan fingerprint density at radius 1 is 0.882 bits per heavy atom. The van der Waals surface area contributed by atoms with E-state index in [0.29, 0.717) is 11.4 Å². The zero-order valence-corrected chi connectivity index (χ0v) is 10.4. The molecule has 0 aliphatic rings.